The van der Waals surface area contributed by atoms with E-state index < -0.39 is 0 Å². The Kier molecular flexibility index (Phi) is 3.23. The summed E-state index contributed by atoms with van der Waals surface area (Å²) in [5, 5.41) is 4.09. The smallest absolute Gasteiger partial charge is 0.258 e. The highest BCUT2D eigenvalue weighted by Crippen LogP contribution is 2.38. The van der Waals surface area contributed by atoms with E-state index in [2.05, 4.69) is 5.16 Å². The number of benzene rings is 2. The molecule has 2 heterocycles. The van der Waals surface area contributed by atoms with Crippen molar-refractivity contribution in [2.24, 2.45) is 0 Å². The maximum absolute atomic E-state index is 13.0. The lowest BCUT2D eigenvalue weighted by Gasteiger charge is -2.23. The second-order valence-corrected chi connectivity index (χ2v) is 5.66. The first-order valence-corrected chi connectivity index (χ1v) is 7.67. The molecular weight excluding hydrogens is 288 g/mol. The second-order valence-electron chi connectivity index (χ2n) is 5.66. The molecule has 0 aliphatic carbocycles. The minimum atomic E-state index is 0.00816. The molecule has 114 valence electrons. The van der Waals surface area contributed by atoms with Gasteiger partial charge in [0.25, 0.3) is 5.91 Å². The molecule has 4 heteroatoms. The molecule has 0 radical (unpaired) electrons. The number of para-hydroxylation sites is 1. The largest absolute Gasteiger partial charge is 0.360 e. The average Bonchev–Trinajstić information content (AvgIpc) is 2.88. The number of amides is 1. The molecule has 4 nitrogen and oxygen atoms in total. The fraction of sp³-hybridized carbons (Fsp3) is 0.158. The van der Waals surface area contributed by atoms with Crippen LogP contribution in [0.15, 0.2) is 59.1 Å². The molecule has 2 aromatic carbocycles. The summed E-state index contributed by atoms with van der Waals surface area (Å²) in [5.74, 6) is 0.854. The number of hydrogen-bond acceptors (Lipinski definition) is 3. The molecular formula is C19H16N2O2. The Labute approximate surface area is 134 Å². The molecule has 0 N–H and O–H groups in total. The van der Waals surface area contributed by atoms with Crippen molar-refractivity contribution < 1.29 is 9.32 Å². The first kappa shape index (κ1) is 13.8. The summed E-state index contributed by atoms with van der Waals surface area (Å²) in [7, 11) is 0. The van der Waals surface area contributed by atoms with Crippen LogP contribution in [0.3, 0.4) is 0 Å². The average molecular weight is 304 g/mol. The topological polar surface area (TPSA) is 46.3 Å². The van der Waals surface area contributed by atoms with Gasteiger partial charge in [-0.2, -0.15) is 0 Å². The van der Waals surface area contributed by atoms with E-state index in [0.29, 0.717) is 18.5 Å². The summed E-state index contributed by atoms with van der Waals surface area (Å²) >= 11 is 0. The lowest BCUT2D eigenvalue weighted by Crippen LogP contribution is -2.32. The van der Waals surface area contributed by atoms with Crippen LogP contribution in [0.5, 0.6) is 0 Å². The van der Waals surface area contributed by atoms with Crippen LogP contribution in [0.25, 0.3) is 11.1 Å². The summed E-state index contributed by atoms with van der Waals surface area (Å²) < 4.78 is 5.47. The van der Waals surface area contributed by atoms with Gasteiger partial charge >= 0.3 is 0 Å². The minimum Gasteiger partial charge on any atom is -0.360 e. The molecule has 0 saturated heterocycles. The third-order valence-corrected chi connectivity index (χ3v) is 4.23. The van der Waals surface area contributed by atoms with E-state index in [4.69, 9.17) is 4.52 Å². The van der Waals surface area contributed by atoms with Crippen molar-refractivity contribution in [1.82, 2.24) is 5.16 Å². The summed E-state index contributed by atoms with van der Waals surface area (Å²) in [6, 6.07) is 17.3. The molecule has 0 fully saturated rings. The van der Waals surface area contributed by atoms with Gasteiger partial charge in [0.15, 0.2) is 0 Å². The zero-order chi connectivity index (χ0) is 15.8. The lowest BCUT2D eigenvalue weighted by atomic mass is 10.0. The van der Waals surface area contributed by atoms with E-state index in [0.717, 1.165) is 28.3 Å². The first-order chi connectivity index (χ1) is 11.3. The highest BCUT2D eigenvalue weighted by molar-refractivity contribution is 6.08. The number of aryl methyl sites for hydroxylation is 1. The van der Waals surface area contributed by atoms with Crippen LogP contribution >= 0.6 is 0 Å². The molecule has 0 bridgehead atoms. The van der Waals surface area contributed by atoms with Crippen molar-refractivity contribution >= 4 is 11.6 Å². The molecule has 0 spiro atoms. The summed E-state index contributed by atoms with van der Waals surface area (Å²) in [6.45, 7) is 2.51. The molecule has 1 aliphatic rings. The molecule has 3 aromatic rings. The molecule has 1 aliphatic heterocycles. The number of carbonyl (C=O) groups is 1. The number of nitrogens with zero attached hydrogens (tertiary/aromatic N) is 2. The molecule has 0 atom stereocenters. The van der Waals surface area contributed by atoms with Crippen LogP contribution < -0.4 is 4.90 Å². The summed E-state index contributed by atoms with van der Waals surface area (Å²) in [5.41, 5.74) is 4.48. The van der Waals surface area contributed by atoms with Crippen LogP contribution in [0.2, 0.25) is 0 Å². The van der Waals surface area contributed by atoms with Crippen molar-refractivity contribution in [2.45, 2.75) is 13.3 Å². The maximum Gasteiger partial charge on any atom is 0.258 e. The van der Waals surface area contributed by atoms with Crippen molar-refractivity contribution in [1.29, 1.82) is 0 Å². The third-order valence-electron chi connectivity index (χ3n) is 4.23. The van der Waals surface area contributed by atoms with Crippen LogP contribution in [0.1, 0.15) is 21.8 Å². The van der Waals surface area contributed by atoms with Crippen LogP contribution in [-0.4, -0.2) is 17.6 Å². The maximum atomic E-state index is 13.0. The molecule has 23 heavy (non-hydrogen) atoms. The summed E-state index contributed by atoms with van der Waals surface area (Å²) in [6.07, 6.45) is 0.656. The number of hydrogen-bond donors (Lipinski definition) is 0. The molecule has 0 saturated carbocycles. The van der Waals surface area contributed by atoms with Gasteiger partial charge in [0, 0.05) is 29.7 Å². The van der Waals surface area contributed by atoms with Crippen molar-refractivity contribution in [2.75, 3.05) is 11.4 Å². The van der Waals surface area contributed by atoms with E-state index in [-0.39, 0.29) is 5.91 Å². The Bertz CT molecular complexity index is 868. The fourth-order valence-electron chi connectivity index (χ4n) is 3.13. The Hall–Kier alpha value is -2.88. The van der Waals surface area contributed by atoms with Gasteiger partial charge in [0.05, 0.1) is 11.4 Å². The van der Waals surface area contributed by atoms with E-state index in [1.807, 2.05) is 66.4 Å². The van der Waals surface area contributed by atoms with E-state index in [9.17, 15) is 4.79 Å². The minimum absolute atomic E-state index is 0.00816. The number of aromatic nitrogens is 1. The molecule has 4 rings (SSSR count). The van der Waals surface area contributed by atoms with Crippen molar-refractivity contribution in [3.63, 3.8) is 0 Å². The fourth-order valence-corrected chi connectivity index (χ4v) is 3.13. The Balaban J connectivity index is 1.85. The van der Waals surface area contributed by atoms with E-state index in [1.54, 1.807) is 0 Å². The Morgan fingerprint density at radius 3 is 2.65 bits per heavy atom. The highest BCUT2D eigenvalue weighted by atomic mass is 16.5. The zero-order valence-corrected chi connectivity index (χ0v) is 12.8. The number of fused-ring (bicyclic) bond motifs is 3. The summed E-state index contributed by atoms with van der Waals surface area (Å²) in [4.78, 5) is 14.8. The monoisotopic (exact) mass is 304 g/mol. The van der Waals surface area contributed by atoms with Gasteiger partial charge in [-0.25, -0.2) is 0 Å². The Morgan fingerprint density at radius 2 is 1.83 bits per heavy atom. The number of carbonyl (C=O) groups excluding carboxylic acids is 1. The predicted octanol–water partition coefficient (Wildman–Crippen LogP) is 3.85. The van der Waals surface area contributed by atoms with Gasteiger partial charge in [-0.05, 0) is 25.1 Å². The number of rotatable bonds is 1. The standard InChI is InChI=1S/C19H16N2O2/c1-13-18-15-9-5-6-10-16(15)21(12-11-17(18)23-20-13)19(22)14-7-3-2-4-8-14/h2-10H,11-12H2,1H3. The zero-order valence-electron chi connectivity index (χ0n) is 12.8. The predicted molar refractivity (Wildman–Crippen MR) is 88.5 cm³/mol. The van der Waals surface area contributed by atoms with Gasteiger partial charge in [0.1, 0.15) is 5.76 Å². The molecule has 1 amide bonds. The quantitative estimate of drug-likeness (QED) is 0.686. The van der Waals surface area contributed by atoms with Crippen LogP contribution in [-0.2, 0) is 6.42 Å². The Morgan fingerprint density at radius 1 is 1.09 bits per heavy atom. The first-order valence-electron chi connectivity index (χ1n) is 7.67. The van der Waals surface area contributed by atoms with Gasteiger partial charge in [0.2, 0.25) is 0 Å². The second kappa shape index (κ2) is 5.39. The van der Waals surface area contributed by atoms with Crippen LogP contribution in [0.4, 0.5) is 5.69 Å². The van der Waals surface area contributed by atoms with E-state index in [1.165, 1.54) is 0 Å². The van der Waals surface area contributed by atoms with Gasteiger partial charge in [-0.15, -0.1) is 0 Å². The highest BCUT2D eigenvalue weighted by Gasteiger charge is 2.28. The van der Waals surface area contributed by atoms with E-state index >= 15 is 0 Å². The van der Waals surface area contributed by atoms with Gasteiger partial charge in [-0.3, -0.25) is 4.79 Å². The lowest BCUT2D eigenvalue weighted by molar-refractivity contribution is 0.0987. The van der Waals surface area contributed by atoms with Gasteiger partial charge < -0.3 is 9.42 Å². The normalized spacial score (nSPS) is 13.2. The van der Waals surface area contributed by atoms with Gasteiger partial charge in [-0.1, -0.05) is 41.6 Å². The van der Waals surface area contributed by atoms with Crippen molar-refractivity contribution in [3.05, 3.63) is 71.6 Å². The third kappa shape index (κ3) is 2.23. The number of anilines is 1. The van der Waals surface area contributed by atoms with Crippen molar-refractivity contribution in [3.8, 4) is 11.1 Å². The van der Waals surface area contributed by atoms with Crippen LogP contribution in [0, 0.1) is 6.92 Å². The molecule has 1 aromatic heterocycles. The molecule has 0 unspecified atom stereocenters. The SMILES string of the molecule is Cc1noc2c1-c1ccccc1N(C(=O)c1ccccc1)CC2.